The highest BCUT2D eigenvalue weighted by Gasteiger charge is 2.20. The molecule has 0 saturated heterocycles. The predicted octanol–water partition coefficient (Wildman–Crippen LogP) is 6.07. The number of nitrogens with zero attached hydrogens (tertiary/aromatic N) is 3. The summed E-state index contributed by atoms with van der Waals surface area (Å²) in [7, 11) is -3.85. The van der Waals surface area contributed by atoms with Crippen molar-refractivity contribution in [3.05, 3.63) is 115 Å². The van der Waals surface area contributed by atoms with Gasteiger partial charge in [0.15, 0.2) is 5.03 Å². The summed E-state index contributed by atoms with van der Waals surface area (Å²) in [6, 6.07) is 29.8. The first-order valence-electron chi connectivity index (χ1n) is 11.3. The summed E-state index contributed by atoms with van der Waals surface area (Å²) < 4.78 is 36.2. The number of benzene rings is 3. The lowest BCUT2D eigenvalue weighted by Gasteiger charge is -2.09. The molecule has 0 aliphatic rings. The summed E-state index contributed by atoms with van der Waals surface area (Å²) in [5.74, 6) is 0.813. The minimum absolute atomic E-state index is 0.0996. The first-order chi connectivity index (χ1) is 17.0. The van der Waals surface area contributed by atoms with Gasteiger partial charge in [0.05, 0.1) is 17.3 Å². The number of sulfone groups is 1. The van der Waals surface area contributed by atoms with Crippen LogP contribution >= 0.6 is 0 Å². The molecule has 0 saturated carbocycles. The van der Waals surface area contributed by atoms with E-state index in [0.29, 0.717) is 0 Å². The van der Waals surface area contributed by atoms with Gasteiger partial charge in [0.25, 0.3) is 0 Å². The van der Waals surface area contributed by atoms with Crippen LogP contribution in [-0.2, 0) is 9.84 Å². The van der Waals surface area contributed by atoms with Crippen LogP contribution in [0.3, 0.4) is 0 Å². The lowest BCUT2D eigenvalue weighted by atomic mass is 10.0. The second-order valence-electron chi connectivity index (χ2n) is 7.90. The molecule has 3 aromatic carbocycles. The molecule has 0 aliphatic heterocycles. The highest BCUT2D eigenvalue weighted by Crippen LogP contribution is 2.35. The first-order valence-corrected chi connectivity index (χ1v) is 12.2. The Balaban J connectivity index is 1.54. The number of aromatic nitrogens is 3. The van der Waals surface area contributed by atoms with Gasteiger partial charge in [-0.1, -0.05) is 54.6 Å². The summed E-state index contributed by atoms with van der Waals surface area (Å²) in [4.78, 5) is 8.69. The second-order valence-corrected chi connectivity index (χ2v) is 9.79. The van der Waals surface area contributed by atoms with Crippen LogP contribution in [0.25, 0.3) is 38.8 Å². The van der Waals surface area contributed by atoms with E-state index in [-0.39, 0.29) is 16.0 Å². The third kappa shape index (κ3) is 3.27. The molecule has 0 amide bonds. The van der Waals surface area contributed by atoms with Gasteiger partial charge in [0.1, 0.15) is 5.82 Å². The molecule has 0 spiro atoms. The van der Waals surface area contributed by atoms with Crippen molar-refractivity contribution < 1.29 is 9.79 Å². The van der Waals surface area contributed by atoms with Crippen molar-refractivity contribution in [2.24, 2.45) is 0 Å². The molecule has 6 rings (SSSR count). The number of hydrogen-bond donors (Lipinski definition) is 0. The van der Waals surface area contributed by atoms with Gasteiger partial charge < -0.3 is 0 Å². The zero-order valence-corrected chi connectivity index (χ0v) is 18.8. The zero-order chi connectivity index (χ0) is 24.0. The van der Waals surface area contributed by atoms with Crippen molar-refractivity contribution in [2.45, 2.75) is 9.92 Å². The maximum atomic E-state index is 13.2. The number of rotatable bonds is 4. The van der Waals surface area contributed by atoms with E-state index in [9.17, 15) is 8.42 Å². The van der Waals surface area contributed by atoms with E-state index in [0.717, 1.165) is 38.8 Å². The standard InChI is InChI=1S/C28H19N3O2S/c32-34(33,28-13-4-6-17-30-28)22-9-7-8-20(18-22)21-14-15-24-23-10-1-2-11-25(23)31(26(24)19-21)27-12-3-5-16-29-27/h1-19H/i4D. The average molecular weight is 463 g/mol. The van der Waals surface area contributed by atoms with Crippen molar-refractivity contribution in [3.63, 3.8) is 0 Å². The molecular formula is C28H19N3O2S. The van der Waals surface area contributed by atoms with Crippen LogP contribution in [0.15, 0.2) is 125 Å². The van der Waals surface area contributed by atoms with Crippen LogP contribution in [0.5, 0.6) is 0 Å². The third-order valence-electron chi connectivity index (χ3n) is 5.88. The van der Waals surface area contributed by atoms with Crippen LogP contribution < -0.4 is 0 Å². The van der Waals surface area contributed by atoms with Crippen molar-refractivity contribution >= 4 is 31.6 Å². The molecule has 164 valence electrons. The molecular weight excluding hydrogens is 442 g/mol. The number of pyridine rings is 2. The van der Waals surface area contributed by atoms with Gasteiger partial charge in [-0.05, 0) is 59.7 Å². The molecule has 0 fully saturated rings. The van der Waals surface area contributed by atoms with Crippen molar-refractivity contribution in [1.29, 1.82) is 0 Å². The molecule has 0 aliphatic carbocycles. The molecule has 5 nitrogen and oxygen atoms in total. The van der Waals surface area contributed by atoms with E-state index in [1.54, 1.807) is 24.4 Å². The smallest absolute Gasteiger partial charge is 0.223 e. The average Bonchev–Trinajstić information content (AvgIpc) is 3.23. The molecule has 6 aromatic rings. The maximum absolute atomic E-state index is 13.2. The minimum atomic E-state index is -3.85. The lowest BCUT2D eigenvalue weighted by molar-refractivity contribution is 0.592. The third-order valence-corrected chi connectivity index (χ3v) is 7.53. The summed E-state index contributed by atoms with van der Waals surface area (Å²) >= 11 is 0. The monoisotopic (exact) mass is 462 g/mol. The van der Waals surface area contributed by atoms with E-state index in [1.807, 2.05) is 42.5 Å². The van der Waals surface area contributed by atoms with Crippen molar-refractivity contribution in [3.8, 4) is 16.9 Å². The van der Waals surface area contributed by atoms with Gasteiger partial charge in [-0.15, -0.1) is 0 Å². The minimum Gasteiger partial charge on any atom is -0.294 e. The summed E-state index contributed by atoms with van der Waals surface area (Å²) in [6.45, 7) is 0. The van der Waals surface area contributed by atoms with Gasteiger partial charge in [0.2, 0.25) is 9.84 Å². The van der Waals surface area contributed by atoms with E-state index in [4.69, 9.17) is 1.37 Å². The Kier molecular flexibility index (Phi) is 4.48. The molecule has 3 heterocycles. The van der Waals surface area contributed by atoms with Gasteiger partial charge in [-0.25, -0.2) is 18.4 Å². The highest BCUT2D eigenvalue weighted by molar-refractivity contribution is 7.91. The Morgan fingerprint density at radius 3 is 2.32 bits per heavy atom. The van der Waals surface area contributed by atoms with Gasteiger partial charge in [0, 0.05) is 23.2 Å². The fourth-order valence-corrected chi connectivity index (χ4v) is 5.51. The fraction of sp³-hybridized carbons (Fsp3) is 0. The van der Waals surface area contributed by atoms with Crippen LogP contribution in [0.2, 0.25) is 0 Å². The summed E-state index contributed by atoms with van der Waals surface area (Å²) in [5.41, 5.74) is 3.69. The first kappa shape index (κ1) is 19.2. The Hall–Kier alpha value is -4.29. The van der Waals surface area contributed by atoms with E-state index in [2.05, 4.69) is 38.8 Å². The number of fused-ring (bicyclic) bond motifs is 3. The zero-order valence-electron chi connectivity index (χ0n) is 19.0. The van der Waals surface area contributed by atoms with Gasteiger partial charge in [-0.3, -0.25) is 4.57 Å². The van der Waals surface area contributed by atoms with Crippen LogP contribution in [0.1, 0.15) is 1.37 Å². The Labute approximate surface area is 198 Å². The fourth-order valence-electron chi connectivity index (χ4n) is 4.30. The van der Waals surface area contributed by atoms with Crippen LogP contribution in [0.4, 0.5) is 0 Å². The van der Waals surface area contributed by atoms with E-state index < -0.39 is 9.84 Å². The normalized spacial score (nSPS) is 12.2. The highest BCUT2D eigenvalue weighted by atomic mass is 32.2. The Morgan fingerprint density at radius 2 is 1.47 bits per heavy atom. The largest absolute Gasteiger partial charge is 0.294 e. The Bertz CT molecular complexity index is 1830. The molecule has 6 heteroatoms. The maximum Gasteiger partial charge on any atom is 0.223 e. The molecule has 3 aromatic heterocycles. The van der Waals surface area contributed by atoms with Crippen molar-refractivity contribution in [1.82, 2.24) is 14.5 Å². The van der Waals surface area contributed by atoms with Crippen molar-refractivity contribution in [2.75, 3.05) is 0 Å². The van der Waals surface area contributed by atoms with Crippen LogP contribution in [-0.4, -0.2) is 23.0 Å². The number of hydrogen-bond acceptors (Lipinski definition) is 4. The summed E-state index contributed by atoms with van der Waals surface area (Å²) in [6.07, 6.45) is 3.11. The predicted molar refractivity (Wildman–Crippen MR) is 134 cm³/mol. The molecule has 0 N–H and O–H groups in total. The SMILES string of the molecule is [2H]c1ccnc(S(=O)(=O)c2cccc(-c3ccc4c5ccccc5n(-c5ccccn5)c4c3)c2)c1. The molecule has 0 radical (unpaired) electrons. The molecule has 0 unspecified atom stereocenters. The topological polar surface area (TPSA) is 64.8 Å². The molecule has 0 bridgehead atoms. The van der Waals surface area contributed by atoms with Gasteiger partial charge in [-0.2, -0.15) is 0 Å². The summed E-state index contributed by atoms with van der Waals surface area (Å²) in [5, 5.41) is 2.08. The molecule has 0 atom stereocenters. The second kappa shape index (κ2) is 7.93. The number of para-hydroxylation sites is 1. The van der Waals surface area contributed by atoms with Crippen LogP contribution in [0, 0.1) is 0 Å². The van der Waals surface area contributed by atoms with Gasteiger partial charge >= 0.3 is 0 Å². The lowest BCUT2D eigenvalue weighted by Crippen LogP contribution is -2.04. The van der Waals surface area contributed by atoms with E-state index >= 15 is 0 Å². The quantitative estimate of drug-likeness (QED) is 0.319. The Morgan fingerprint density at radius 1 is 0.676 bits per heavy atom. The van der Waals surface area contributed by atoms with E-state index in [1.165, 1.54) is 18.3 Å². The molecule has 34 heavy (non-hydrogen) atoms.